The standard InChI is InChI=1S/C17H28O3/c1-2-3-4-5-6-7-8-15-9-11-17(12-10-15)20-14-16(19)13-18/h9-12,16,18-19H,2-8,13-14H2,1H3. The van der Waals surface area contributed by atoms with Gasteiger partial charge in [0.25, 0.3) is 0 Å². The molecule has 20 heavy (non-hydrogen) atoms. The van der Waals surface area contributed by atoms with Gasteiger partial charge in [-0.25, -0.2) is 0 Å². The lowest BCUT2D eigenvalue weighted by atomic mass is 10.0. The summed E-state index contributed by atoms with van der Waals surface area (Å²) in [5.74, 6) is 0.740. The van der Waals surface area contributed by atoms with Crippen molar-refractivity contribution < 1.29 is 14.9 Å². The van der Waals surface area contributed by atoms with Crippen molar-refractivity contribution in [3.63, 3.8) is 0 Å². The van der Waals surface area contributed by atoms with Crippen LogP contribution in [0.15, 0.2) is 24.3 Å². The topological polar surface area (TPSA) is 49.7 Å². The fourth-order valence-corrected chi connectivity index (χ4v) is 2.11. The highest BCUT2D eigenvalue weighted by Gasteiger charge is 2.03. The number of ether oxygens (including phenoxy) is 1. The minimum atomic E-state index is -0.808. The molecule has 1 unspecified atom stereocenters. The minimum absolute atomic E-state index is 0.132. The van der Waals surface area contributed by atoms with E-state index in [2.05, 4.69) is 19.1 Å². The van der Waals surface area contributed by atoms with Crippen molar-refractivity contribution in [2.45, 2.75) is 58.0 Å². The lowest BCUT2D eigenvalue weighted by Gasteiger charge is -2.10. The van der Waals surface area contributed by atoms with Crippen LogP contribution in [0.2, 0.25) is 0 Å². The Morgan fingerprint density at radius 3 is 2.30 bits per heavy atom. The summed E-state index contributed by atoms with van der Waals surface area (Å²) in [7, 11) is 0. The normalized spacial score (nSPS) is 12.3. The first-order valence-electron chi connectivity index (χ1n) is 7.77. The molecule has 0 radical (unpaired) electrons. The molecule has 0 fully saturated rings. The third kappa shape index (κ3) is 7.51. The molecule has 1 atom stereocenters. The molecule has 3 heteroatoms. The number of hydrogen-bond acceptors (Lipinski definition) is 3. The smallest absolute Gasteiger partial charge is 0.119 e. The molecule has 1 rings (SSSR count). The molecule has 0 saturated heterocycles. The molecule has 0 aliphatic carbocycles. The molecule has 1 aromatic rings. The van der Waals surface area contributed by atoms with E-state index in [1.165, 1.54) is 44.1 Å². The molecule has 2 N–H and O–H groups in total. The Hall–Kier alpha value is -1.06. The Labute approximate surface area is 122 Å². The van der Waals surface area contributed by atoms with Crippen molar-refractivity contribution in [2.75, 3.05) is 13.2 Å². The zero-order valence-electron chi connectivity index (χ0n) is 12.6. The summed E-state index contributed by atoms with van der Waals surface area (Å²) in [5, 5.41) is 17.9. The summed E-state index contributed by atoms with van der Waals surface area (Å²) >= 11 is 0. The Bertz CT molecular complexity index is 335. The minimum Gasteiger partial charge on any atom is -0.491 e. The van der Waals surface area contributed by atoms with Gasteiger partial charge in [-0.3, -0.25) is 0 Å². The Balaban J connectivity index is 2.18. The molecule has 0 amide bonds. The summed E-state index contributed by atoms with van der Waals surface area (Å²) in [5.41, 5.74) is 1.33. The molecule has 3 nitrogen and oxygen atoms in total. The lowest BCUT2D eigenvalue weighted by molar-refractivity contribution is 0.0536. The molecule has 1 aromatic carbocycles. The molecular weight excluding hydrogens is 252 g/mol. The van der Waals surface area contributed by atoms with Gasteiger partial charge < -0.3 is 14.9 Å². The maximum absolute atomic E-state index is 9.20. The van der Waals surface area contributed by atoms with E-state index < -0.39 is 6.10 Å². The van der Waals surface area contributed by atoms with Gasteiger partial charge in [0.2, 0.25) is 0 Å². The van der Waals surface area contributed by atoms with Crippen LogP contribution in [-0.4, -0.2) is 29.5 Å². The zero-order valence-corrected chi connectivity index (χ0v) is 12.6. The molecule has 0 bridgehead atoms. The zero-order chi connectivity index (χ0) is 14.6. The average molecular weight is 280 g/mol. The number of hydrogen-bond donors (Lipinski definition) is 2. The number of aryl methyl sites for hydroxylation is 1. The first-order valence-corrected chi connectivity index (χ1v) is 7.77. The lowest BCUT2D eigenvalue weighted by Crippen LogP contribution is -2.21. The monoisotopic (exact) mass is 280 g/mol. The molecule has 0 saturated carbocycles. The van der Waals surface area contributed by atoms with Crippen molar-refractivity contribution in [2.24, 2.45) is 0 Å². The second kappa shape index (κ2) is 10.7. The predicted molar refractivity (Wildman–Crippen MR) is 82.1 cm³/mol. The largest absolute Gasteiger partial charge is 0.491 e. The number of rotatable bonds is 11. The van der Waals surface area contributed by atoms with Crippen LogP contribution >= 0.6 is 0 Å². The van der Waals surface area contributed by atoms with Crippen LogP contribution in [0.1, 0.15) is 51.0 Å². The van der Waals surface area contributed by atoms with Gasteiger partial charge in [-0.1, -0.05) is 51.2 Å². The van der Waals surface area contributed by atoms with Crippen LogP contribution in [0.5, 0.6) is 5.75 Å². The van der Waals surface area contributed by atoms with Gasteiger partial charge in [-0.2, -0.15) is 0 Å². The summed E-state index contributed by atoms with van der Waals surface area (Å²) < 4.78 is 5.37. The Kier molecular flexibility index (Phi) is 9.09. The summed E-state index contributed by atoms with van der Waals surface area (Å²) in [4.78, 5) is 0. The van der Waals surface area contributed by atoms with Gasteiger partial charge in [0.05, 0.1) is 6.61 Å². The highest BCUT2D eigenvalue weighted by Crippen LogP contribution is 2.15. The molecule has 114 valence electrons. The van der Waals surface area contributed by atoms with Crippen LogP contribution in [0.3, 0.4) is 0 Å². The Morgan fingerprint density at radius 1 is 1.00 bits per heavy atom. The molecule has 0 aromatic heterocycles. The van der Waals surface area contributed by atoms with Gasteiger partial charge in [-0.05, 0) is 30.5 Å². The average Bonchev–Trinajstić information content (AvgIpc) is 2.49. The van der Waals surface area contributed by atoms with Crippen LogP contribution in [0.25, 0.3) is 0 Å². The third-order valence-electron chi connectivity index (χ3n) is 3.40. The van der Waals surface area contributed by atoms with E-state index in [4.69, 9.17) is 9.84 Å². The maximum Gasteiger partial charge on any atom is 0.119 e. The Morgan fingerprint density at radius 2 is 1.65 bits per heavy atom. The van der Waals surface area contributed by atoms with E-state index in [1.807, 2.05) is 12.1 Å². The highest BCUT2D eigenvalue weighted by molar-refractivity contribution is 5.27. The molecule has 0 spiro atoms. The molecule has 0 aliphatic rings. The quantitative estimate of drug-likeness (QED) is 0.611. The highest BCUT2D eigenvalue weighted by atomic mass is 16.5. The van der Waals surface area contributed by atoms with Crippen LogP contribution < -0.4 is 4.74 Å². The van der Waals surface area contributed by atoms with E-state index in [1.54, 1.807) is 0 Å². The van der Waals surface area contributed by atoms with Crippen molar-refractivity contribution in [1.29, 1.82) is 0 Å². The van der Waals surface area contributed by atoms with Crippen LogP contribution in [-0.2, 0) is 6.42 Å². The molecular formula is C17H28O3. The number of unbranched alkanes of at least 4 members (excludes halogenated alkanes) is 5. The second-order valence-corrected chi connectivity index (χ2v) is 5.31. The van der Waals surface area contributed by atoms with Gasteiger partial charge in [0, 0.05) is 0 Å². The first-order chi connectivity index (χ1) is 9.76. The van der Waals surface area contributed by atoms with E-state index in [0.29, 0.717) is 0 Å². The predicted octanol–water partition coefficient (Wildman–Crippen LogP) is 3.32. The maximum atomic E-state index is 9.20. The van der Waals surface area contributed by atoms with Gasteiger partial charge in [0.1, 0.15) is 18.5 Å². The molecule has 0 heterocycles. The number of aliphatic hydroxyl groups excluding tert-OH is 2. The summed E-state index contributed by atoms with van der Waals surface area (Å²) in [6.45, 7) is 2.10. The third-order valence-corrected chi connectivity index (χ3v) is 3.40. The van der Waals surface area contributed by atoms with Gasteiger partial charge in [0.15, 0.2) is 0 Å². The van der Waals surface area contributed by atoms with E-state index in [-0.39, 0.29) is 13.2 Å². The van der Waals surface area contributed by atoms with E-state index in [9.17, 15) is 5.11 Å². The summed E-state index contributed by atoms with van der Waals surface area (Å²) in [6.07, 6.45) is 8.21. The fourth-order valence-electron chi connectivity index (χ4n) is 2.11. The van der Waals surface area contributed by atoms with Crippen molar-refractivity contribution >= 4 is 0 Å². The second-order valence-electron chi connectivity index (χ2n) is 5.31. The first kappa shape index (κ1) is 17.0. The van der Waals surface area contributed by atoms with E-state index in [0.717, 1.165) is 12.2 Å². The van der Waals surface area contributed by atoms with Crippen molar-refractivity contribution in [3.8, 4) is 5.75 Å². The van der Waals surface area contributed by atoms with Gasteiger partial charge in [-0.15, -0.1) is 0 Å². The number of benzene rings is 1. The van der Waals surface area contributed by atoms with Crippen LogP contribution in [0, 0.1) is 0 Å². The van der Waals surface area contributed by atoms with Crippen molar-refractivity contribution in [3.05, 3.63) is 29.8 Å². The number of aliphatic hydroxyl groups is 2. The van der Waals surface area contributed by atoms with Crippen molar-refractivity contribution in [1.82, 2.24) is 0 Å². The summed E-state index contributed by atoms with van der Waals surface area (Å²) in [6, 6.07) is 8.01. The fraction of sp³-hybridized carbons (Fsp3) is 0.647. The molecule has 0 aliphatic heterocycles. The SMILES string of the molecule is CCCCCCCCc1ccc(OCC(O)CO)cc1. The van der Waals surface area contributed by atoms with Crippen LogP contribution in [0.4, 0.5) is 0 Å². The van der Waals surface area contributed by atoms with E-state index >= 15 is 0 Å². The van der Waals surface area contributed by atoms with Gasteiger partial charge >= 0.3 is 0 Å².